The molecule has 0 aromatic carbocycles. The van der Waals surface area contributed by atoms with Gasteiger partial charge in [-0.1, -0.05) is 12.8 Å². The molecule has 1 N–H and O–H groups in total. The van der Waals surface area contributed by atoms with Crippen molar-refractivity contribution in [2.75, 3.05) is 19.4 Å². The van der Waals surface area contributed by atoms with Gasteiger partial charge in [-0.25, -0.2) is 4.68 Å². The summed E-state index contributed by atoms with van der Waals surface area (Å²) in [5.74, 6) is 0.705. The number of nitrogens with one attached hydrogen (secondary N) is 1. The third-order valence-corrected chi connectivity index (χ3v) is 4.52. The first-order valence-electron chi connectivity index (χ1n) is 7.83. The van der Waals surface area contributed by atoms with E-state index in [1.54, 1.807) is 19.3 Å². The quantitative estimate of drug-likeness (QED) is 0.933. The number of likely N-dealkylation sites (N-methyl/N-ethyl adjacent to an activating group) is 1. The number of aryl methyl sites for hydroxylation is 1. The average molecular weight is 301 g/mol. The maximum Gasteiger partial charge on any atom is 0.276 e. The molecule has 2 heterocycles. The summed E-state index contributed by atoms with van der Waals surface area (Å²) < 4.78 is 1.39. The van der Waals surface area contributed by atoms with Gasteiger partial charge in [0.15, 0.2) is 5.82 Å². The number of rotatable bonds is 3. The van der Waals surface area contributed by atoms with Gasteiger partial charge in [0.2, 0.25) is 0 Å². The summed E-state index contributed by atoms with van der Waals surface area (Å²) >= 11 is 0. The van der Waals surface area contributed by atoms with E-state index < -0.39 is 0 Å². The number of pyridine rings is 1. The summed E-state index contributed by atoms with van der Waals surface area (Å²) in [6.45, 7) is 0. The Morgan fingerprint density at radius 2 is 2.09 bits per heavy atom. The summed E-state index contributed by atoms with van der Waals surface area (Å²) in [5.41, 5.74) is 0.551. The van der Waals surface area contributed by atoms with Gasteiger partial charge >= 0.3 is 0 Å². The van der Waals surface area contributed by atoms with Crippen LogP contribution in [0.5, 0.6) is 0 Å². The molecule has 118 valence electrons. The normalized spacial score (nSPS) is 22.2. The Morgan fingerprint density at radius 1 is 1.32 bits per heavy atom. The van der Waals surface area contributed by atoms with Gasteiger partial charge in [0.05, 0.1) is 5.39 Å². The fraction of sp³-hybridized carbons (Fsp3) is 0.562. The molecule has 1 aliphatic rings. The third kappa shape index (κ3) is 2.70. The first-order chi connectivity index (χ1) is 10.6. The minimum absolute atomic E-state index is 0.110. The fourth-order valence-electron chi connectivity index (χ4n) is 3.35. The van der Waals surface area contributed by atoms with Crippen molar-refractivity contribution < 1.29 is 0 Å². The molecule has 2 aromatic heterocycles. The first kappa shape index (κ1) is 15.0. The van der Waals surface area contributed by atoms with Crippen LogP contribution in [0.25, 0.3) is 10.9 Å². The van der Waals surface area contributed by atoms with E-state index in [4.69, 9.17) is 0 Å². The summed E-state index contributed by atoms with van der Waals surface area (Å²) in [6, 6.07) is 4.41. The van der Waals surface area contributed by atoms with Crippen molar-refractivity contribution in [3.05, 3.63) is 28.7 Å². The van der Waals surface area contributed by atoms with Crippen LogP contribution in [-0.4, -0.2) is 45.8 Å². The highest BCUT2D eigenvalue weighted by Crippen LogP contribution is 2.26. The van der Waals surface area contributed by atoms with E-state index in [0.717, 1.165) is 6.42 Å². The predicted octanol–water partition coefficient (Wildman–Crippen LogP) is 1.61. The number of fused-ring (bicyclic) bond motifs is 1. The number of hydrogen-bond acceptors (Lipinski definition) is 5. The summed E-state index contributed by atoms with van der Waals surface area (Å²) in [7, 11) is 5.93. The number of anilines is 1. The number of aromatic nitrogens is 3. The Balaban J connectivity index is 2.00. The summed E-state index contributed by atoms with van der Waals surface area (Å²) in [6.07, 6.45) is 6.49. The van der Waals surface area contributed by atoms with Crippen molar-refractivity contribution in [2.24, 2.45) is 7.05 Å². The summed E-state index contributed by atoms with van der Waals surface area (Å²) in [5, 5.41) is 8.56. The van der Waals surface area contributed by atoms with Gasteiger partial charge in [-0.2, -0.15) is 5.10 Å². The van der Waals surface area contributed by atoms with E-state index in [2.05, 4.69) is 34.4 Å². The third-order valence-electron chi connectivity index (χ3n) is 4.52. The fourth-order valence-corrected chi connectivity index (χ4v) is 3.35. The molecule has 3 rings (SSSR count). The number of nitrogens with zero attached hydrogens (tertiary/aromatic N) is 4. The zero-order valence-electron chi connectivity index (χ0n) is 13.4. The molecule has 0 aliphatic heterocycles. The van der Waals surface area contributed by atoms with E-state index in [1.807, 2.05) is 6.07 Å². The maximum absolute atomic E-state index is 12.2. The highest BCUT2D eigenvalue weighted by Gasteiger charge is 2.27. The molecule has 1 fully saturated rings. The second kappa shape index (κ2) is 6.04. The van der Waals surface area contributed by atoms with Crippen LogP contribution in [0.1, 0.15) is 25.7 Å². The molecule has 2 aromatic rings. The Bertz CT molecular complexity index is 724. The Labute approximate surface area is 130 Å². The van der Waals surface area contributed by atoms with Crippen LogP contribution in [0.4, 0.5) is 5.82 Å². The van der Waals surface area contributed by atoms with Crippen LogP contribution >= 0.6 is 0 Å². The molecule has 1 aliphatic carbocycles. The maximum atomic E-state index is 12.2. The SMILES string of the molecule is CN(C)C1CCCCC1Nc1nn(C)c(=O)c2cccnc12. The second-order valence-electron chi connectivity index (χ2n) is 6.24. The van der Waals surface area contributed by atoms with Gasteiger partial charge in [-0.05, 0) is 39.1 Å². The van der Waals surface area contributed by atoms with E-state index in [-0.39, 0.29) is 5.56 Å². The summed E-state index contributed by atoms with van der Waals surface area (Å²) in [4.78, 5) is 18.8. The lowest BCUT2D eigenvalue weighted by atomic mass is 9.89. The first-order valence-corrected chi connectivity index (χ1v) is 7.83. The Hall–Kier alpha value is -1.95. The molecule has 6 heteroatoms. The van der Waals surface area contributed by atoms with Crippen LogP contribution < -0.4 is 10.9 Å². The second-order valence-corrected chi connectivity index (χ2v) is 6.24. The van der Waals surface area contributed by atoms with Gasteiger partial charge in [-0.15, -0.1) is 0 Å². The van der Waals surface area contributed by atoms with Crippen LogP contribution in [0, 0.1) is 0 Å². The largest absolute Gasteiger partial charge is 0.363 e. The predicted molar refractivity (Wildman–Crippen MR) is 88.1 cm³/mol. The molecule has 0 amide bonds. The van der Waals surface area contributed by atoms with E-state index in [0.29, 0.717) is 28.8 Å². The molecule has 6 nitrogen and oxygen atoms in total. The zero-order chi connectivity index (χ0) is 15.7. The zero-order valence-corrected chi connectivity index (χ0v) is 13.4. The lowest BCUT2D eigenvalue weighted by Crippen LogP contribution is -2.45. The van der Waals surface area contributed by atoms with Crippen molar-refractivity contribution in [3.8, 4) is 0 Å². The standard InChI is InChI=1S/C16H23N5O/c1-20(2)13-9-5-4-8-12(13)18-15-14-11(7-6-10-17-14)16(22)21(3)19-15/h6-7,10,12-13H,4-5,8-9H2,1-3H3,(H,18,19). The lowest BCUT2D eigenvalue weighted by molar-refractivity contribution is 0.211. The lowest BCUT2D eigenvalue weighted by Gasteiger charge is -2.36. The molecule has 22 heavy (non-hydrogen) atoms. The molecule has 0 bridgehead atoms. The van der Waals surface area contributed by atoms with Crippen LogP contribution in [-0.2, 0) is 7.05 Å². The van der Waals surface area contributed by atoms with Gasteiger partial charge in [0.1, 0.15) is 5.52 Å². The van der Waals surface area contributed by atoms with Gasteiger partial charge in [0, 0.05) is 25.3 Å². The van der Waals surface area contributed by atoms with Crippen molar-refractivity contribution in [1.82, 2.24) is 19.7 Å². The van der Waals surface area contributed by atoms with Crippen LogP contribution in [0.2, 0.25) is 0 Å². The molecule has 2 atom stereocenters. The highest BCUT2D eigenvalue weighted by atomic mass is 16.1. The molecule has 0 spiro atoms. The molecule has 2 unspecified atom stereocenters. The molecule has 0 radical (unpaired) electrons. The van der Waals surface area contributed by atoms with E-state index >= 15 is 0 Å². The van der Waals surface area contributed by atoms with E-state index in [9.17, 15) is 4.79 Å². The number of hydrogen-bond donors (Lipinski definition) is 1. The van der Waals surface area contributed by atoms with Gasteiger partial charge in [0.25, 0.3) is 5.56 Å². The van der Waals surface area contributed by atoms with Gasteiger partial charge < -0.3 is 10.2 Å². The Kier molecular flexibility index (Phi) is 4.11. The van der Waals surface area contributed by atoms with Crippen molar-refractivity contribution >= 4 is 16.7 Å². The van der Waals surface area contributed by atoms with Crippen molar-refractivity contribution in [2.45, 2.75) is 37.8 Å². The average Bonchev–Trinajstić information content (AvgIpc) is 2.53. The van der Waals surface area contributed by atoms with Crippen LogP contribution in [0.3, 0.4) is 0 Å². The van der Waals surface area contributed by atoms with Gasteiger partial charge in [-0.3, -0.25) is 9.78 Å². The van der Waals surface area contributed by atoms with Crippen molar-refractivity contribution in [1.29, 1.82) is 0 Å². The van der Waals surface area contributed by atoms with Crippen LogP contribution in [0.15, 0.2) is 23.1 Å². The topological polar surface area (TPSA) is 63.1 Å². The van der Waals surface area contributed by atoms with Crippen molar-refractivity contribution in [3.63, 3.8) is 0 Å². The molecular formula is C16H23N5O. The minimum atomic E-state index is -0.110. The highest BCUT2D eigenvalue weighted by molar-refractivity contribution is 5.87. The smallest absolute Gasteiger partial charge is 0.276 e. The molecule has 0 saturated heterocycles. The monoisotopic (exact) mass is 301 g/mol. The minimum Gasteiger partial charge on any atom is -0.363 e. The molecule has 1 saturated carbocycles. The van der Waals surface area contributed by atoms with E-state index in [1.165, 1.54) is 23.9 Å². The molecular weight excluding hydrogens is 278 g/mol. The Morgan fingerprint density at radius 3 is 2.86 bits per heavy atom.